The first-order chi connectivity index (χ1) is 13.1. The molecule has 0 aliphatic heterocycles. The summed E-state index contributed by atoms with van der Waals surface area (Å²) in [5.74, 6) is 0.835. The summed E-state index contributed by atoms with van der Waals surface area (Å²) in [7, 11) is 0. The molecule has 0 N–H and O–H groups in total. The van der Waals surface area contributed by atoms with Crippen molar-refractivity contribution in [3.8, 4) is 11.4 Å². The summed E-state index contributed by atoms with van der Waals surface area (Å²) in [6.07, 6.45) is 0.889. The number of hydrogen-bond donors (Lipinski definition) is 0. The molecule has 0 radical (unpaired) electrons. The van der Waals surface area contributed by atoms with Gasteiger partial charge in [0.05, 0.1) is 16.0 Å². The summed E-state index contributed by atoms with van der Waals surface area (Å²) in [5.41, 5.74) is 5.42. The van der Waals surface area contributed by atoms with Crippen LogP contribution in [0.25, 0.3) is 22.4 Å². The predicted molar refractivity (Wildman–Crippen MR) is 107 cm³/mol. The fourth-order valence-corrected chi connectivity index (χ4v) is 3.30. The molecule has 5 nitrogen and oxygen atoms in total. The molecule has 0 saturated heterocycles. The van der Waals surface area contributed by atoms with E-state index in [0.717, 1.165) is 35.4 Å². The molecule has 134 valence electrons. The van der Waals surface area contributed by atoms with Gasteiger partial charge in [-0.15, -0.1) is 0 Å². The van der Waals surface area contributed by atoms with E-state index in [9.17, 15) is 10.1 Å². The Balaban J connectivity index is 1.77. The van der Waals surface area contributed by atoms with E-state index in [-0.39, 0.29) is 10.6 Å². The molecule has 1 aromatic heterocycles. The van der Waals surface area contributed by atoms with Crippen LogP contribution in [0.5, 0.6) is 0 Å². The quantitative estimate of drug-likeness (QED) is 0.366. The largest absolute Gasteiger partial charge is 0.324 e. The lowest BCUT2D eigenvalue weighted by Crippen LogP contribution is -2.04. The summed E-state index contributed by atoms with van der Waals surface area (Å²) in [6.45, 7) is 2.86. The van der Waals surface area contributed by atoms with Crippen LogP contribution in [-0.4, -0.2) is 14.5 Å². The second kappa shape index (κ2) is 7.03. The fraction of sp³-hybridized carbons (Fsp3) is 0.136. The summed E-state index contributed by atoms with van der Waals surface area (Å²) >= 11 is 0. The smallest absolute Gasteiger partial charge is 0.269 e. The lowest BCUT2D eigenvalue weighted by atomic mass is 10.1. The van der Waals surface area contributed by atoms with E-state index >= 15 is 0 Å². The van der Waals surface area contributed by atoms with Crippen molar-refractivity contribution >= 4 is 16.7 Å². The van der Waals surface area contributed by atoms with E-state index in [0.29, 0.717) is 0 Å². The Kier molecular flexibility index (Phi) is 4.42. The third-order valence-electron chi connectivity index (χ3n) is 4.71. The van der Waals surface area contributed by atoms with Crippen molar-refractivity contribution in [2.75, 3.05) is 0 Å². The van der Waals surface area contributed by atoms with Gasteiger partial charge in [0.2, 0.25) is 0 Å². The molecule has 0 saturated carbocycles. The number of nitrogens with zero attached hydrogens (tertiary/aromatic N) is 3. The SMILES string of the molecule is Cc1ccc2nc(-c3ccc([N+](=O)[O-])cc3)n(CCc3ccccc3)c2c1. The maximum absolute atomic E-state index is 10.9. The van der Waals surface area contributed by atoms with Crippen LogP contribution in [0.1, 0.15) is 11.1 Å². The topological polar surface area (TPSA) is 61.0 Å². The molecule has 1 heterocycles. The number of aryl methyl sites for hydroxylation is 3. The third-order valence-corrected chi connectivity index (χ3v) is 4.71. The molecule has 27 heavy (non-hydrogen) atoms. The molecule has 0 atom stereocenters. The van der Waals surface area contributed by atoms with Crippen molar-refractivity contribution in [3.63, 3.8) is 0 Å². The van der Waals surface area contributed by atoms with Crippen molar-refractivity contribution in [1.82, 2.24) is 9.55 Å². The van der Waals surface area contributed by atoms with E-state index < -0.39 is 0 Å². The molecular weight excluding hydrogens is 338 g/mol. The van der Waals surface area contributed by atoms with Crippen molar-refractivity contribution in [2.45, 2.75) is 19.9 Å². The van der Waals surface area contributed by atoms with Gasteiger partial charge in [-0.1, -0.05) is 36.4 Å². The van der Waals surface area contributed by atoms with E-state index in [1.54, 1.807) is 12.1 Å². The van der Waals surface area contributed by atoms with Gasteiger partial charge in [0.25, 0.3) is 5.69 Å². The van der Waals surface area contributed by atoms with Crippen molar-refractivity contribution in [1.29, 1.82) is 0 Å². The lowest BCUT2D eigenvalue weighted by Gasteiger charge is -2.10. The van der Waals surface area contributed by atoms with Crippen LogP contribution in [0.3, 0.4) is 0 Å². The Bertz CT molecular complexity index is 1100. The number of fused-ring (bicyclic) bond motifs is 1. The zero-order chi connectivity index (χ0) is 18.8. The molecule has 3 aromatic carbocycles. The molecule has 0 unspecified atom stereocenters. The van der Waals surface area contributed by atoms with Gasteiger partial charge in [0.15, 0.2) is 0 Å². The number of imidazole rings is 1. The van der Waals surface area contributed by atoms with E-state index in [2.05, 4.69) is 35.8 Å². The second-order valence-electron chi connectivity index (χ2n) is 6.62. The fourth-order valence-electron chi connectivity index (χ4n) is 3.30. The first-order valence-corrected chi connectivity index (χ1v) is 8.87. The number of nitro groups is 1. The highest BCUT2D eigenvalue weighted by molar-refractivity contribution is 5.81. The van der Waals surface area contributed by atoms with Crippen LogP contribution in [0, 0.1) is 17.0 Å². The maximum Gasteiger partial charge on any atom is 0.269 e. The second-order valence-corrected chi connectivity index (χ2v) is 6.62. The number of aromatic nitrogens is 2. The normalized spacial score (nSPS) is 11.0. The van der Waals surface area contributed by atoms with Gasteiger partial charge in [-0.25, -0.2) is 4.98 Å². The molecule has 0 aliphatic rings. The zero-order valence-corrected chi connectivity index (χ0v) is 15.0. The number of nitro benzene ring substituents is 1. The minimum Gasteiger partial charge on any atom is -0.324 e. The van der Waals surface area contributed by atoms with Crippen LogP contribution in [0.4, 0.5) is 5.69 Å². The molecule has 4 aromatic rings. The van der Waals surface area contributed by atoms with Gasteiger partial charge in [0, 0.05) is 24.2 Å². The average Bonchev–Trinajstić information content (AvgIpc) is 3.05. The molecule has 4 rings (SSSR count). The van der Waals surface area contributed by atoms with E-state index in [4.69, 9.17) is 4.98 Å². The van der Waals surface area contributed by atoms with Gasteiger partial charge in [-0.05, 0) is 48.7 Å². The van der Waals surface area contributed by atoms with Gasteiger partial charge >= 0.3 is 0 Å². The highest BCUT2D eigenvalue weighted by Crippen LogP contribution is 2.27. The summed E-state index contributed by atoms with van der Waals surface area (Å²) < 4.78 is 2.20. The molecule has 0 amide bonds. The number of non-ortho nitro benzene ring substituents is 1. The number of benzene rings is 3. The summed E-state index contributed by atoms with van der Waals surface area (Å²) in [6, 6.07) is 23.2. The molecule has 5 heteroatoms. The molecule has 0 bridgehead atoms. The number of hydrogen-bond acceptors (Lipinski definition) is 3. The average molecular weight is 357 g/mol. The van der Waals surface area contributed by atoms with Crippen LogP contribution in [0.15, 0.2) is 72.8 Å². The van der Waals surface area contributed by atoms with E-state index in [1.165, 1.54) is 23.3 Å². The Hall–Kier alpha value is -3.47. The summed E-state index contributed by atoms with van der Waals surface area (Å²) in [5, 5.41) is 10.9. The first kappa shape index (κ1) is 17.0. The van der Waals surface area contributed by atoms with Crippen molar-refractivity contribution < 1.29 is 4.92 Å². The van der Waals surface area contributed by atoms with Crippen LogP contribution in [-0.2, 0) is 13.0 Å². The molecule has 0 aliphatic carbocycles. The minimum absolute atomic E-state index is 0.0848. The van der Waals surface area contributed by atoms with Gasteiger partial charge in [-0.3, -0.25) is 10.1 Å². The van der Waals surface area contributed by atoms with Crippen molar-refractivity contribution in [2.24, 2.45) is 0 Å². The zero-order valence-electron chi connectivity index (χ0n) is 15.0. The Morgan fingerprint density at radius 2 is 1.74 bits per heavy atom. The monoisotopic (exact) mass is 357 g/mol. The van der Waals surface area contributed by atoms with E-state index in [1.807, 2.05) is 24.3 Å². The van der Waals surface area contributed by atoms with Crippen LogP contribution in [0.2, 0.25) is 0 Å². The first-order valence-electron chi connectivity index (χ1n) is 8.87. The predicted octanol–water partition coefficient (Wildman–Crippen LogP) is 5.16. The highest BCUT2D eigenvalue weighted by Gasteiger charge is 2.14. The van der Waals surface area contributed by atoms with Gasteiger partial charge < -0.3 is 4.57 Å². The molecule has 0 spiro atoms. The third kappa shape index (κ3) is 3.44. The minimum atomic E-state index is -0.383. The van der Waals surface area contributed by atoms with Gasteiger partial charge in [-0.2, -0.15) is 0 Å². The Labute approximate surface area is 157 Å². The molecular formula is C22H19N3O2. The Morgan fingerprint density at radius 3 is 2.44 bits per heavy atom. The lowest BCUT2D eigenvalue weighted by molar-refractivity contribution is -0.384. The highest BCUT2D eigenvalue weighted by atomic mass is 16.6. The Morgan fingerprint density at radius 1 is 1.00 bits per heavy atom. The van der Waals surface area contributed by atoms with Crippen LogP contribution >= 0.6 is 0 Å². The van der Waals surface area contributed by atoms with Crippen molar-refractivity contribution in [3.05, 3.63) is 94.0 Å². The van der Waals surface area contributed by atoms with Crippen LogP contribution < -0.4 is 0 Å². The molecule has 0 fully saturated rings. The standard InChI is InChI=1S/C22H19N3O2/c1-16-7-12-20-21(15-16)24(14-13-17-5-3-2-4-6-17)22(23-20)18-8-10-19(11-9-18)25(26)27/h2-12,15H,13-14H2,1H3. The van der Waals surface area contributed by atoms with Gasteiger partial charge in [0.1, 0.15) is 5.82 Å². The summed E-state index contributed by atoms with van der Waals surface area (Å²) in [4.78, 5) is 15.4. The number of rotatable bonds is 5. The maximum atomic E-state index is 10.9.